The molecule has 0 amide bonds. The number of nitrogens with zero attached hydrogens (tertiary/aromatic N) is 1. The zero-order chi connectivity index (χ0) is 12.5. The second-order valence-electron chi connectivity index (χ2n) is 4.41. The van der Waals surface area contributed by atoms with Gasteiger partial charge in [0, 0.05) is 12.8 Å². The summed E-state index contributed by atoms with van der Waals surface area (Å²) in [5.41, 5.74) is 5.76. The Labute approximate surface area is 98.8 Å². The van der Waals surface area contributed by atoms with Gasteiger partial charge in [0.05, 0.1) is 23.4 Å². The third-order valence-corrected chi connectivity index (χ3v) is 2.86. The molecule has 0 saturated carbocycles. The summed E-state index contributed by atoms with van der Waals surface area (Å²) in [5, 5.41) is 12.1. The lowest BCUT2D eigenvalue weighted by atomic mass is 10.0. The van der Waals surface area contributed by atoms with Crippen LogP contribution in [-0.4, -0.2) is 34.8 Å². The molecule has 1 aliphatic heterocycles. The zero-order valence-electron chi connectivity index (χ0n) is 9.56. The molecular weight excluding hydrogens is 222 g/mol. The Kier molecular flexibility index (Phi) is 2.89. The Bertz CT molecular complexity index is 442. The van der Waals surface area contributed by atoms with E-state index in [9.17, 15) is 4.79 Å². The highest BCUT2D eigenvalue weighted by atomic mass is 16.5. The number of anilines is 2. The lowest BCUT2D eigenvalue weighted by Gasteiger charge is -2.25. The highest BCUT2D eigenvalue weighted by Crippen LogP contribution is 2.27. The first kappa shape index (κ1) is 11.7. The van der Waals surface area contributed by atoms with Crippen LogP contribution in [-0.2, 0) is 4.74 Å². The summed E-state index contributed by atoms with van der Waals surface area (Å²) in [5.74, 6) is -0.654. The van der Waals surface area contributed by atoms with Crippen LogP contribution in [0.5, 0.6) is 0 Å². The maximum absolute atomic E-state index is 10.9. The molecule has 1 fully saturated rings. The van der Waals surface area contributed by atoms with Crippen molar-refractivity contribution in [2.75, 3.05) is 24.3 Å². The van der Waals surface area contributed by atoms with Gasteiger partial charge in [-0.05, 0) is 19.4 Å². The van der Waals surface area contributed by atoms with Gasteiger partial charge in [0.15, 0.2) is 5.82 Å². The van der Waals surface area contributed by atoms with Gasteiger partial charge in [-0.1, -0.05) is 0 Å². The van der Waals surface area contributed by atoms with E-state index < -0.39 is 5.97 Å². The number of nitrogens with two attached hydrogens (primary N) is 1. The third-order valence-electron chi connectivity index (χ3n) is 2.86. The maximum atomic E-state index is 10.9. The van der Waals surface area contributed by atoms with E-state index in [2.05, 4.69) is 10.3 Å². The van der Waals surface area contributed by atoms with E-state index in [1.54, 1.807) is 0 Å². The Morgan fingerprint density at radius 3 is 3.06 bits per heavy atom. The Balaban J connectivity index is 2.27. The standard InChI is InChI=1S/C11H15N3O3/c1-11(3-5-17-6-11)14-9-8(12)7(10(15)16)2-4-13-9/h2,4H,3,5-6,12H2,1H3,(H,13,14)(H,15,16). The van der Waals surface area contributed by atoms with Crippen molar-refractivity contribution in [1.29, 1.82) is 0 Å². The largest absolute Gasteiger partial charge is 0.478 e. The number of nitrogens with one attached hydrogen (secondary N) is 1. The molecule has 1 unspecified atom stereocenters. The molecular formula is C11H15N3O3. The van der Waals surface area contributed by atoms with Crippen LogP contribution < -0.4 is 11.1 Å². The minimum absolute atomic E-state index is 0.0602. The smallest absolute Gasteiger partial charge is 0.337 e. The maximum Gasteiger partial charge on any atom is 0.337 e. The summed E-state index contributed by atoms with van der Waals surface area (Å²) < 4.78 is 5.30. The average Bonchev–Trinajstić information content (AvgIpc) is 2.68. The van der Waals surface area contributed by atoms with Crippen LogP contribution >= 0.6 is 0 Å². The zero-order valence-corrected chi connectivity index (χ0v) is 9.56. The molecule has 1 atom stereocenters. The predicted molar refractivity (Wildman–Crippen MR) is 63.1 cm³/mol. The van der Waals surface area contributed by atoms with Gasteiger partial charge in [-0.15, -0.1) is 0 Å². The summed E-state index contributed by atoms with van der Waals surface area (Å²) in [7, 11) is 0. The molecule has 6 heteroatoms. The van der Waals surface area contributed by atoms with Gasteiger partial charge in [-0.25, -0.2) is 9.78 Å². The number of nitrogen functional groups attached to an aromatic ring is 1. The molecule has 4 N–H and O–H groups in total. The van der Waals surface area contributed by atoms with Crippen LogP contribution in [0.1, 0.15) is 23.7 Å². The fourth-order valence-corrected chi connectivity index (χ4v) is 1.81. The Hall–Kier alpha value is -1.82. The summed E-state index contributed by atoms with van der Waals surface area (Å²) in [6.45, 7) is 3.24. The number of carbonyl (C=O) groups is 1. The van der Waals surface area contributed by atoms with Crippen molar-refractivity contribution in [2.45, 2.75) is 18.9 Å². The first-order chi connectivity index (χ1) is 8.02. The van der Waals surface area contributed by atoms with E-state index in [0.29, 0.717) is 19.0 Å². The van der Waals surface area contributed by atoms with E-state index in [0.717, 1.165) is 6.42 Å². The molecule has 0 spiro atoms. The minimum Gasteiger partial charge on any atom is -0.478 e. The second-order valence-corrected chi connectivity index (χ2v) is 4.41. The highest BCUT2D eigenvalue weighted by molar-refractivity contribution is 5.96. The number of pyridine rings is 1. The Morgan fingerprint density at radius 2 is 2.47 bits per heavy atom. The molecule has 0 aromatic carbocycles. The van der Waals surface area contributed by atoms with Crippen molar-refractivity contribution in [3.05, 3.63) is 17.8 Å². The number of ether oxygens (including phenoxy) is 1. The molecule has 17 heavy (non-hydrogen) atoms. The van der Waals surface area contributed by atoms with E-state index in [4.69, 9.17) is 15.6 Å². The van der Waals surface area contributed by atoms with Crippen molar-refractivity contribution in [2.24, 2.45) is 0 Å². The number of hydrogen-bond acceptors (Lipinski definition) is 5. The van der Waals surface area contributed by atoms with Gasteiger partial charge >= 0.3 is 5.97 Å². The van der Waals surface area contributed by atoms with Gasteiger partial charge < -0.3 is 20.9 Å². The lowest BCUT2D eigenvalue weighted by molar-refractivity contribution is 0.0698. The van der Waals surface area contributed by atoms with Crippen molar-refractivity contribution < 1.29 is 14.6 Å². The number of carboxylic acid groups (broad SMARTS) is 1. The lowest BCUT2D eigenvalue weighted by Crippen LogP contribution is -2.35. The van der Waals surface area contributed by atoms with Gasteiger partial charge in [0.1, 0.15) is 0 Å². The molecule has 2 heterocycles. The average molecular weight is 237 g/mol. The molecule has 2 rings (SSSR count). The van der Waals surface area contributed by atoms with Crippen LogP contribution in [0.2, 0.25) is 0 Å². The third kappa shape index (κ3) is 2.31. The van der Waals surface area contributed by atoms with Gasteiger partial charge in [-0.3, -0.25) is 0 Å². The fraction of sp³-hybridized carbons (Fsp3) is 0.455. The van der Waals surface area contributed by atoms with Crippen molar-refractivity contribution in [1.82, 2.24) is 4.98 Å². The number of rotatable bonds is 3. The van der Waals surface area contributed by atoms with Crippen molar-refractivity contribution in [3.8, 4) is 0 Å². The molecule has 0 radical (unpaired) electrons. The highest BCUT2D eigenvalue weighted by Gasteiger charge is 2.30. The summed E-state index contributed by atoms with van der Waals surface area (Å²) in [6.07, 6.45) is 2.27. The molecule has 1 saturated heterocycles. The van der Waals surface area contributed by atoms with Crippen LogP contribution in [0.4, 0.5) is 11.5 Å². The number of hydrogen-bond donors (Lipinski definition) is 3. The minimum atomic E-state index is -1.05. The molecule has 6 nitrogen and oxygen atoms in total. The van der Waals surface area contributed by atoms with E-state index in [1.807, 2.05) is 6.92 Å². The monoisotopic (exact) mass is 237 g/mol. The Morgan fingerprint density at radius 1 is 1.71 bits per heavy atom. The van der Waals surface area contributed by atoms with E-state index in [1.165, 1.54) is 12.3 Å². The fourth-order valence-electron chi connectivity index (χ4n) is 1.81. The topological polar surface area (TPSA) is 97.5 Å². The van der Waals surface area contributed by atoms with Crippen molar-refractivity contribution >= 4 is 17.5 Å². The SMILES string of the molecule is CC1(Nc2nccc(C(=O)O)c2N)CCOC1. The van der Waals surface area contributed by atoms with Crippen LogP contribution in [0.25, 0.3) is 0 Å². The number of aromatic nitrogens is 1. The second kappa shape index (κ2) is 4.21. The van der Waals surface area contributed by atoms with Crippen LogP contribution in [0.3, 0.4) is 0 Å². The summed E-state index contributed by atoms with van der Waals surface area (Å²) in [4.78, 5) is 15.0. The van der Waals surface area contributed by atoms with E-state index >= 15 is 0 Å². The van der Waals surface area contributed by atoms with Crippen molar-refractivity contribution in [3.63, 3.8) is 0 Å². The van der Waals surface area contributed by atoms with E-state index in [-0.39, 0.29) is 16.8 Å². The molecule has 1 aromatic rings. The molecule has 0 bridgehead atoms. The normalized spacial score (nSPS) is 23.6. The molecule has 0 aliphatic carbocycles. The first-order valence-corrected chi connectivity index (χ1v) is 5.35. The molecule has 1 aromatic heterocycles. The predicted octanol–water partition coefficient (Wildman–Crippen LogP) is 0.953. The summed E-state index contributed by atoms with van der Waals surface area (Å²) in [6, 6.07) is 1.39. The van der Waals surface area contributed by atoms with Gasteiger partial charge in [0.2, 0.25) is 0 Å². The first-order valence-electron chi connectivity index (χ1n) is 5.35. The molecule has 92 valence electrons. The quantitative estimate of drug-likeness (QED) is 0.724. The number of aromatic carboxylic acids is 1. The van der Waals surface area contributed by atoms with Crippen LogP contribution in [0, 0.1) is 0 Å². The van der Waals surface area contributed by atoms with Crippen LogP contribution in [0.15, 0.2) is 12.3 Å². The van der Waals surface area contributed by atoms with Gasteiger partial charge in [-0.2, -0.15) is 0 Å². The summed E-state index contributed by atoms with van der Waals surface area (Å²) >= 11 is 0. The molecule has 1 aliphatic rings. The van der Waals surface area contributed by atoms with Gasteiger partial charge in [0.25, 0.3) is 0 Å². The number of carboxylic acids is 1.